The summed E-state index contributed by atoms with van der Waals surface area (Å²) in [6.45, 7) is 0.488. The molecular weight excluding hydrogens is 281 g/mol. The van der Waals surface area contributed by atoms with Crippen molar-refractivity contribution in [3.63, 3.8) is 0 Å². The number of alkyl halides is 3. The van der Waals surface area contributed by atoms with Crippen LogP contribution in [-0.2, 0) is 4.79 Å². The Bertz CT molecular complexity index is 409. The number of carbonyl (C=O) groups is 1. The van der Waals surface area contributed by atoms with Crippen LogP contribution < -0.4 is 15.8 Å². The van der Waals surface area contributed by atoms with E-state index in [4.69, 9.17) is 5.73 Å². The van der Waals surface area contributed by atoms with Crippen molar-refractivity contribution >= 4 is 23.4 Å². The summed E-state index contributed by atoms with van der Waals surface area (Å²) < 4.78 is 39.5. The number of benzene rings is 1. The number of nitrogens with one attached hydrogen (secondary N) is 1. The number of rotatable bonds is 6. The molecule has 0 radical (unpaired) electrons. The van der Waals surface area contributed by atoms with Gasteiger partial charge in [0, 0.05) is 18.0 Å². The Kier molecular flexibility index (Phi) is 5.97. The van der Waals surface area contributed by atoms with Gasteiger partial charge in [-0.15, -0.1) is 13.2 Å². The van der Waals surface area contributed by atoms with Crippen LogP contribution in [0.1, 0.15) is 0 Å². The molecule has 8 heteroatoms. The van der Waals surface area contributed by atoms with Crippen LogP contribution in [-0.4, -0.2) is 30.3 Å². The van der Waals surface area contributed by atoms with Crippen molar-refractivity contribution in [1.29, 1.82) is 0 Å². The molecule has 0 aliphatic rings. The number of nitrogens with two attached hydrogens (primary N) is 1. The van der Waals surface area contributed by atoms with Gasteiger partial charge in [0.25, 0.3) is 0 Å². The third-order valence-electron chi connectivity index (χ3n) is 1.87. The van der Waals surface area contributed by atoms with Gasteiger partial charge in [-0.2, -0.15) is 11.8 Å². The first-order valence-electron chi connectivity index (χ1n) is 5.34. The van der Waals surface area contributed by atoms with Gasteiger partial charge in [-0.05, 0) is 24.3 Å². The largest absolute Gasteiger partial charge is 0.573 e. The summed E-state index contributed by atoms with van der Waals surface area (Å²) in [6.07, 6.45) is -4.72. The van der Waals surface area contributed by atoms with Crippen molar-refractivity contribution in [2.75, 3.05) is 23.4 Å². The SMILES string of the molecule is NCCSCC(=O)Nc1ccc(OC(F)(F)F)cc1. The molecule has 0 atom stereocenters. The lowest BCUT2D eigenvalue weighted by Gasteiger charge is -2.09. The average Bonchev–Trinajstić information content (AvgIpc) is 2.30. The molecule has 0 bridgehead atoms. The summed E-state index contributed by atoms with van der Waals surface area (Å²) >= 11 is 1.38. The number of anilines is 1. The molecule has 0 aliphatic carbocycles. The molecule has 1 amide bonds. The van der Waals surface area contributed by atoms with Crippen molar-refractivity contribution in [3.05, 3.63) is 24.3 Å². The van der Waals surface area contributed by atoms with Gasteiger partial charge in [0.1, 0.15) is 5.75 Å². The highest BCUT2D eigenvalue weighted by molar-refractivity contribution is 7.99. The van der Waals surface area contributed by atoms with Crippen LogP contribution in [0.15, 0.2) is 24.3 Å². The second-order valence-electron chi connectivity index (χ2n) is 3.46. The Labute approximate surface area is 112 Å². The summed E-state index contributed by atoms with van der Waals surface area (Å²) in [5.41, 5.74) is 5.69. The fourth-order valence-corrected chi connectivity index (χ4v) is 1.75. The van der Waals surface area contributed by atoms with E-state index in [0.29, 0.717) is 18.0 Å². The maximum absolute atomic E-state index is 11.9. The summed E-state index contributed by atoms with van der Waals surface area (Å²) in [5, 5.41) is 2.55. The first-order chi connectivity index (χ1) is 8.90. The lowest BCUT2D eigenvalue weighted by atomic mass is 10.3. The van der Waals surface area contributed by atoms with Crippen LogP contribution in [0.2, 0.25) is 0 Å². The quantitative estimate of drug-likeness (QED) is 0.790. The number of carbonyl (C=O) groups excluding carboxylic acids is 1. The summed E-state index contributed by atoms with van der Waals surface area (Å²) in [5.74, 6) is 0.356. The Morgan fingerprint density at radius 2 is 1.95 bits per heavy atom. The van der Waals surface area contributed by atoms with Gasteiger partial charge in [-0.25, -0.2) is 0 Å². The summed E-state index contributed by atoms with van der Waals surface area (Å²) in [7, 11) is 0. The molecular formula is C11H13F3N2O2S. The molecule has 0 unspecified atom stereocenters. The average molecular weight is 294 g/mol. The molecule has 1 aromatic carbocycles. The maximum Gasteiger partial charge on any atom is 0.573 e. The molecule has 0 heterocycles. The fourth-order valence-electron chi connectivity index (χ4n) is 1.19. The van der Waals surface area contributed by atoms with Crippen molar-refractivity contribution in [1.82, 2.24) is 0 Å². The third-order valence-corrected chi connectivity index (χ3v) is 2.86. The fraction of sp³-hybridized carbons (Fsp3) is 0.364. The highest BCUT2D eigenvalue weighted by Gasteiger charge is 2.30. The van der Waals surface area contributed by atoms with Crippen molar-refractivity contribution in [2.24, 2.45) is 5.73 Å². The number of amides is 1. The van der Waals surface area contributed by atoms with Gasteiger partial charge in [0.05, 0.1) is 5.75 Å². The molecule has 0 spiro atoms. The van der Waals surface area contributed by atoms with E-state index in [1.165, 1.54) is 23.9 Å². The summed E-state index contributed by atoms with van der Waals surface area (Å²) in [6, 6.07) is 4.95. The van der Waals surface area contributed by atoms with Gasteiger partial charge in [-0.1, -0.05) is 0 Å². The van der Waals surface area contributed by atoms with Gasteiger partial charge >= 0.3 is 6.36 Å². The first kappa shape index (κ1) is 15.6. The van der Waals surface area contributed by atoms with Crippen LogP contribution in [0, 0.1) is 0 Å². The molecule has 1 aromatic rings. The minimum atomic E-state index is -4.72. The van der Waals surface area contributed by atoms with E-state index in [9.17, 15) is 18.0 Å². The molecule has 0 aliphatic heterocycles. The minimum absolute atomic E-state index is 0.233. The van der Waals surface area contributed by atoms with Gasteiger partial charge < -0.3 is 15.8 Å². The highest BCUT2D eigenvalue weighted by Crippen LogP contribution is 2.23. The molecule has 0 fully saturated rings. The molecule has 19 heavy (non-hydrogen) atoms. The number of hydrogen-bond donors (Lipinski definition) is 2. The van der Waals surface area contributed by atoms with E-state index >= 15 is 0 Å². The van der Waals surface area contributed by atoms with Crippen LogP contribution in [0.25, 0.3) is 0 Å². The molecule has 0 saturated carbocycles. The number of hydrogen-bond acceptors (Lipinski definition) is 4. The molecule has 0 saturated heterocycles. The van der Waals surface area contributed by atoms with Crippen molar-refractivity contribution < 1.29 is 22.7 Å². The molecule has 106 valence electrons. The number of thioether (sulfide) groups is 1. The van der Waals surface area contributed by atoms with Crippen LogP contribution in [0.5, 0.6) is 5.75 Å². The van der Waals surface area contributed by atoms with Crippen LogP contribution in [0.4, 0.5) is 18.9 Å². The Morgan fingerprint density at radius 3 is 2.47 bits per heavy atom. The third kappa shape index (κ3) is 6.92. The zero-order valence-electron chi connectivity index (χ0n) is 9.87. The van der Waals surface area contributed by atoms with Crippen LogP contribution >= 0.6 is 11.8 Å². The van der Waals surface area contributed by atoms with Crippen molar-refractivity contribution in [2.45, 2.75) is 6.36 Å². The molecule has 4 nitrogen and oxygen atoms in total. The number of halogens is 3. The van der Waals surface area contributed by atoms with Crippen molar-refractivity contribution in [3.8, 4) is 5.75 Å². The summed E-state index contributed by atoms with van der Waals surface area (Å²) in [4.78, 5) is 11.4. The van der Waals surface area contributed by atoms with E-state index in [0.717, 1.165) is 12.1 Å². The zero-order valence-corrected chi connectivity index (χ0v) is 10.7. The van der Waals surface area contributed by atoms with E-state index in [1.54, 1.807) is 0 Å². The second-order valence-corrected chi connectivity index (χ2v) is 4.57. The number of ether oxygens (including phenoxy) is 1. The smallest absolute Gasteiger partial charge is 0.406 e. The predicted octanol–water partition coefficient (Wildman–Crippen LogP) is 2.22. The van der Waals surface area contributed by atoms with Crippen LogP contribution in [0.3, 0.4) is 0 Å². The normalized spacial score (nSPS) is 11.2. The Hall–Kier alpha value is -1.41. The second kappa shape index (κ2) is 7.25. The van der Waals surface area contributed by atoms with Gasteiger partial charge in [0.2, 0.25) is 5.91 Å². The predicted molar refractivity (Wildman–Crippen MR) is 68.1 cm³/mol. The lowest BCUT2D eigenvalue weighted by Crippen LogP contribution is -2.17. The highest BCUT2D eigenvalue weighted by atomic mass is 32.2. The minimum Gasteiger partial charge on any atom is -0.406 e. The monoisotopic (exact) mass is 294 g/mol. The Morgan fingerprint density at radius 1 is 1.32 bits per heavy atom. The topological polar surface area (TPSA) is 64.4 Å². The zero-order chi connectivity index (χ0) is 14.3. The van der Waals surface area contributed by atoms with E-state index in [-0.39, 0.29) is 17.4 Å². The van der Waals surface area contributed by atoms with Gasteiger partial charge in [0.15, 0.2) is 0 Å². The van der Waals surface area contributed by atoms with E-state index in [2.05, 4.69) is 10.1 Å². The van der Waals surface area contributed by atoms with Gasteiger partial charge in [-0.3, -0.25) is 4.79 Å². The molecule has 1 rings (SSSR count). The first-order valence-corrected chi connectivity index (χ1v) is 6.49. The molecule has 3 N–H and O–H groups in total. The molecule has 0 aromatic heterocycles. The Balaban J connectivity index is 2.46. The standard InChI is InChI=1S/C11H13F3N2O2S/c12-11(13,14)18-9-3-1-8(2-4-9)16-10(17)7-19-6-5-15/h1-4H,5-7,15H2,(H,16,17). The van der Waals surface area contributed by atoms with E-state index < -0.39 is 6.36 Å². The maximum atomic E-state index is 11.9. The lowest BCUT2D eigenvalue weighted by molar-refractivity contribution is -0.274. The van der Waals surface area contributed by atoms with E-state index in [1.807, 2.05) is 0 Å².